The van der Waals surface area contributed by atoms with Crippen molar-refractivity contribution in [3.8, 4) is 0 Å². The summed E-state index contributed by atoms with van der Waals surface area (Å²) in [6.45, 7) is 5.33. The third kappa shape index (κ3) is 4.20. The molecule has 1 aromatic carbocycles. The van der Waals surface area contributed by atoms with Crippen LogP contribution in [0.5, 0.6) is 0 Å². The Labute approximate surface area is 142 Å². The minimum atomic E-state index is -0.152. The summed E-state index contributed by atoms with van der Waals surface area (Å²) >= 11 is 0. The Hall–Kier alpha value is -2.66. The second-order valence-electron chi connectivity index (χ2n) is 5.71. The van der Waals surface area contributed by atoms with Crippen molar-refractivity contribution in [2.75, 3.05) is 36.5 Å². The van der Waals surface area contributed by atoms with Crippen molar-refractivity contribution in [3.05, 3.63) is 59.9 Å². The first-order chi connectivity index (χ1) is 11.7. The summed E-state index contributed by atoms with van der Waals surface area (Å²) in [7, 11) is 0. The van der Waals surface area contributed by atoms with Crippen LogP contribution >= 0.6 is 0 Å². The van der Waals surface area contributed by atoms with E-state index in [0.717, 1.165) is 43.1 Å². The van der Waals surface area contributed by atoms with Gasteiger partial charge in [-0.3, -0.25) is 9.78 Å². The summed E-state index contributed by atoms with van der Waals surface area (Å²) in [5, 5.41) is 2.92. The molecule has 2 aromatic rings. The van der Waals surface area contributed by atoms with Crippen molar-refractivity contribution in [1.82, 2.24) is 4.98 Å². The Morgan fingerprint density at radius 1 is 1.29 bits per heavy atom. The highest BCUT2D eigenvalue weighted by Crippen LogP contribution is 2.23. The number of carbonyl (C=O) groups is 1. The Morgan fingerprint density at radius 2 is 2.12 bits per heavy atom. The van der Waals surface area contributed by atoms with Gasteiger partial charge in [0.2, 0.25) is 5.91 Å². The normalized spacial score (nSPS) is 14.8. The highest BCUT2D eigenvalue weighted by atomic mass is 16.5. The molecule has 0 spiro atoms. The topological polar surface area (TPSA) is 54.5 Å². The molecule has 3 rings (SSSR count). The highest BCUT2D eigenvalue weighted by Gasteiger charge is 2.12. The van der Waals surface area contributed by atoms with Crippen molar-refractivity contribution in [2.24, 2.45) is 0 Å². The van der Waals surface area contributed by atoms with Gasteiger partial charge in [0.25, 0.3) is 0 Å². The molecular formula is C19H21N3O2. The Bertz CT molecular complexity index is 723. The number of anilines is 2. The molecule has 1 amide bonds. The molecule has 24 heavy (non-hydrogen) atoms. The van der Waals surface area contributed by atoms with E-state index in [1.807, 2.05) is 31.2 Å². The van der Waals surface area contributed by atoms with Crippen LogP contribution in [-0.2, 0) is 9.53 Å². The van der Waals surface area contributed by atoms with E-state index in [9.17, 15) is 4.79 Å². The molecule has 0 radical (unpaired) electrons. The number of amides is 1. The second kappa shape index (κ2) is 7.75. The lowest BCUT2D eigenvalue weighted by Gasteiger charge is -2.29. The van der Waals surface area contributed by atoms with E-state index in [2.05, 4.69) is 21.3 Å². The molecule has 0 atom stereocenters. The number of carbonyl (C=O) groups excluding carboxylic acids is 1. The fourth-order valence-electron chi connectivity index (χ4n) is 2.63. The molecule has 1 aliphatic rings. The number of benzene rings is 1. The number of morpholine rings is 1. The molecule has 2 heterocycles. The molecule has 1 saturated heterocycles. The summed E-state index contributed by atoms with van der Waals surface area (Å²) in [5.74, 6) is -0.152. The van der Waals surface area contributed by atoms with Crippen molar-refractivity contribution in [1.29, 1.82) is 0 Å². The molecule has 1 aromatic heterocycles. The number of aryl methyl sites for hydroxylation is 1. The molecular weight excluding hydrogens is 302 g/mol. The first-order valence-electron chi connectivity index (χ1n) is 8.05. The van der Waals surface area contributed by atoms with Crippen LogP contribution in [0.25, 0.3) is 6.08 Å². The van der Waals surface area contributed by atoms with E-state index in [1.54, 1.807) is 18.5 Å². The van der Waals surface area contributed by atoms with Gasteiger partial charge in [0.05, 0.1) is 13.2 Å². The van der Waals surface area contributed by atoms with Crippen molar-refractivity contribution < 1.29 is 9.53 Å². The molecule has 0 saturated carbocycles. The van der Waals surface area contributed by atoms with Crippen LogP contribution in [-0.4, -0.2) is 37.2 Å². The molecule has 0 bridgehead atoms. The number of ether oxygens (including phenoxy) is 1. The lowest BCUT2D eigenvalue weighted by Crippen LogP contribution is -2.36. The average molecular weight is 323 g/mol. The van der Waals surface area contributed by atoms with E-state index >= 15 is 0 Å². The molecule has 0 aliphatic carbocycles. The third-order valence-corrected chi connectivity index (χ3v) is 3.96. The fraction of sp³-hybridized carbons (Fsp3) is 0.263. The van der Waals surface area contributed by atoms with Gasteiger partial charge in [0.1, 0.15) is 0 Å². The Kier molecular flexibility index (Phi) is 5.23. The smallest absolute Gasteiger partial charge is 0.248 e. The highest BCUT2D eigenvalue weighted by molar-refractivity contribution is 6.02. The van der Waals surface area contributed by atoms with E-state index in [-0.39, 0.29) is 5.91 Å². The maximum absolute atomic E-state index is 12.1. The quantitative estimate of drug-likeness (QED) is 0.879. The predicted octanol–water partition coefficient (Wildman–Crippen LogP) is 2.88. The molecule has 1 fully saturated rings. The van der Waals surface area contributed by atoms with Crippen LogP contribution in [0.1, 0.15) is 11.1 Å². The van der Waals surface area contributed by atoms with Gasteiger partial charge in [-0.05, 0) is 48.4 Å². The van der Waals surface area contributed by atoms with Gasteiger partial charge in [-0.25, -0.2) is 0 Å². The van der Waals surface area contributed by atoms with Gasteiger partial charge in [0, 0.05) is 42.9 Å². The number of hydrogen-bond acceptors (Lipinski definition) is 4. The second-order valence-corrected chi connectivity index (χ2v) is 5.71. The summed E-state index contributed by atoms with van der Waals surface area (Å²) < 4.78 is 5.38. The van der Waals surface area contributed by atoms with E-state index < -0.39 is 0 Å². The van der Waals surface area contributed by atoms with Gasteiger partial charge < -0.3 is 15.0 Å². The third-order valence-electron chi connectivity index (χ3n) is 3.96. The largest absolute Gasteiger partial charge is 0.378 e. The minimum absolute atomic E-state index is 0.152. The van der Waals surface area contributed by atoms with Gasteiger partial charge in [-0.15, -0.1) is 0 Å². The molecule has 124 valence electrons. The predicted molar refractivity (Wildman–Crippen MR) is 96.1 cm³/mol. The first-order valence-corrected chi connectivity index (χ1v) is 8.05. The zero-order valence-electron chi connectivity index (χ0n) is 13.7. The van der Waals surface area contributed by atoms with Gasteiger partial charge in [0.15, 0.2) is 0 Å². The summed E-state index contributed by atoms with van der Waals surface area (Å²) in [6, 6.07) is 9.84. The number of nitrogens with zero attached hydrogens (tertiary/aromatic N) is 2. The number of rotatable bonds is 4. The number of nitrogens with one attached hydrogen (secondary N) is 1. The van der Waals surface area contributed by atoms with E-state index in [0.29, 0.717) is 0 Å². The number of hydrogen-bond donors (Lipinski definition) is 1. The lowest BCUT2D eigenvalue weighted by molar-refractivity contribution is -0.111. The molecule has 1 N–H and O–H groups in total. The fourth-order valence-corrected chi connectivity index (χ4v) is 2.63. The van der Waals surface area contributed by atoms with Crippen molar-refractivity contribution in [2.45, 2.75) is 6.92 Å². The Balaban J connectivity index is 1.64. The number of pyridine rings is 1. The lowest BCUT2D eigenvalue weighted by atomic mass is 10.1. The van der Waals surface area contributed by atoms with Crippen LogP contribution < -0.4 is 10.2 Å². The SMILES string of the molecule is Cc1cc(N2CCOCC2)ccc1NC(=O)/C=C/c1cccnc1. The minimum Gasteiger partial charge on any atom is -0.378 e. The monoisotopic (exact) mass is 323 g/mol. The van der Waals surface area contributed by atoms with E-state index in [4.69, 9.17) is 4.74 Å². The maximum atomic E-state index is 12.1. The molecule has 1 aliphatic heterocycles. The van der Waals surface area contributed by atoms with Gasteiger partial charge in [-0.2, -0.15) is 0 Å². The van der Waals surface area contributed by atoms with Gasteiger partial charge in [-0.1, -0.05) is 6.07 Å². The van der Waals surface area contributed by atoms with Gasteiger partial charge >= 0.3 is 0 Å². The Morgan fingerprint density at radius 3 is 2.83 bits per heavy atom. The van der Waals surface area contributed by atoms with Crippen LogP contribution in [0.4, 0.5) is 11.4 Å². The zero-order chi connectivity index (χ0) is 16.8. The van der Waals surface area contributed by atoms with E-state index in [1.165, 1.54) is 11.8 Å². The summed E-state index contributed by atoms with van der Waals surface area (Å²) in [5.41, 5.74) is 3.93. The summed E-state index contributed by atoms with van der Waals surface area (Å²) in [6.07, 6.45) is 6.69. The van der Waals surface area contributed by atoms with Crippen molar-refractivity contribution in [3.63, 3.8) is 0 Å². The zero-order valence-corrected chi connectivity index (χ0v) is 13.7. The molecule has 5 nitrogen and oxygen atoms in total. The van der Waals surface area contributed by atoms with Crippen LogP contribution in [0.2, 0.25) is 0 Å². The summed E-state index contributed by atoms with van der Waals surface area (Å²) in [4.78, 5) is 18.4. The standard InChI is InChI=1S/C19H21N3O2/c1-15-13-17(22-9-11-24-12-10-22)5-6-18(15)21-19(23)7-4-16-3-2-8-20-14-16/h2-8,13-14H,9-12H2,1H3,(H,21,23)/b7-4+. The van der Waals surface area contributed by atoms with Crippen molar-refractivity contribution >= 4 is 23.4 Å². The first kappa shape index (κ1) is 16.2. The van der Waals surface area contributed by atoms with Crippen LogP contribution in [0, 0.1) is 6.92 Å². The molecule has 5 heteroatoms. The van der Waals surface area contributed by atoms with Crippen LogP contribution in [0.15, 0.2) is 48.8 Å². The maximum Gasteiger partial charge on any atom is 0.248 e. The molecule has 0 unspecified atom stereocenters. The van der Waals surface area contributed by atoms with Crippen LogP contribution in [0.3, 0.4) is 0 Å². The average Bonchev–Trinajstić information content (AvgIpc) is 2.63. The number of aromatic nitrogens is 1.